The van der Waals surface area contributed by atoms with Crippen LogP contribution in [0.15, 0.2) is 24.3 Å². The fourth-order valence-electron chi connectivity index (χ4n) is 1.20. The number of rotatable bonds is 6. The van der Waals surface area contributed by atoms with Gasteiger partial charge in [0, 0.05) is 0 Å². The summed E-state index contributed by atoms with van der Waals surface area (Å²) >= 11 is 0. The molecular formula is C12H15NO3. The summed E-state index contributed by atoms with van der Waals surface area (Å²) < 4.78 is 10.3. The van der Waals surface area contributed by atoms with Crippen molar-refractivity contribution in [3.05, 3.63) is 29.8 Å². The van der Waals surface area contributed by atoms with Gasteiger partial charge in [-0.15, -0.1) is 0 Å². The second-order valence-electron chi connectivity index (χ2n) is 3.38. The van der Waals surface area contributed by atoms with Gasteiger partial charge in [-0.2, -0.15) is 5.26 Å². The first kappa shape index (κ1) is 12.5. The Morgan fingerprint density at radius 1 is 1.38 bits per heavy atom. The number of nitrogens with zero attached hydrogens (tertiary/aromatic N) is 1. The van der Waals surface area contributed by atoms with Crippen molar-refractivity contribution in [1.82, 2.24) is 0 Å². The lowest BCUT2D eigenvalue weighted by Crippen LogP contribution is -2.14. The third-order valence-electron chi connectivity index (χ3n) is 2.06. The van der Waals surface area contributed by atoms with Gasteiger partial charge in [0.2, 0.25) is 0 Å². The lowest BCUT2D eigenvalue weighted by atomic mass is 10.2. The van der Waals surface area contributed by atoms with E-state index in [2.05, 4.69) is 0 Å². The average molecular weight is 221 g/mol. The van der Waals surface area contributed by atoms with Gasteiger partial charge in [-0.05, 0) is 17.7 Å². The molecule has 16 heavy (non-hydrogen) atoms. The molecule has 0 aliphatic heterocycles. The molecule has 0 unspecified atom stereocenters. The normalized spacial score (nSPS) is 11.8. The minimum Gasteiger partial charge on any atom is -0.497 e. The van der Waals surface area contributed by atoms with Crippen LogP contribution in [0.25, 0.3) is 0 Å². The number of hydrogen-bond acceptors (Lipinski definition) is 4. The molecule has 0 spiro atoms. The van der Waals surface area contributed by atoms with E-state index in [0.29, 0.717) is 6.61 Å². The SMILES string of the molecule is COc1ccc(COC[C@@H](O)CC#N)cc1. The highest BCUT2D eigenvalue weighted by molar-refractivity contribution is 5.26. The number of methoxy groups -OCH3 is 1. The van der Waals surface area contributed by atoms with Gasteiger partial charge in [0.25, 0.3) is 0 Å². The summed E-state index contributed by atoms with van der Waals surface area (Å²) in [5.74, 6) is 0.799. The first-order valence-corrected chi connectivity index (χ1v) is 5.02. The lowest BCUT2D eigenvalue weighted by Gasteiger charge is -2.08. The van der Waals surface area contributed by atoms with Crippen molar-refractivity contribution in [3.8, 4) is 11.8 Å². The van der Waals surface area contributed by atoms with Crippen molar-refractivity contribution in [2.24, 2.45) is 0 Å². The molecule has 1 aromatic rings. The quantitative estimate of drug-likeness (QED) is 0.790. The fourth-order valence-corrected chi connectivity index (χ4v) is 1.20. The highest BCUT2D eigenvalue weighted by Crippen LogP contribution is 2.11. The largest absolute Gasteiger partial charge is 0.497 e. The van der Waals surface area contributed by atoms with Gasteiger partial charge >= 0.3 is 0 Å². The summed E-state index contributed by atoms with van der Waals surface area (Å²) in [4.78, 5) is 0. The Bertz CT molecular complexity index is 342. The van der Waals surface area contributed by atoms with Crippen LogP contribution in [0.4, 0.5) is 0 Å². The minimum atomic E-state index is -0.705. The molecule has 1 N–H and O–H groups in total. The fraction of sp³-hybridized carbons (Fsp3) is 0.417. The van der Waals surface area contributed by atoms with Crippen molar-refractivity contribution in [2.75, 3.05) is 13.7 Å². The van der Waals surface area contributed by atoms with Crippen molar-refractivity contribution < 1.29 is 14.6 Å². The molecule has 0 fully saturated rings. The summed E-state index contributed by atoms with van der Waals surface area (Å²) in [5, 5.41) is 17.6. The van der Waals surface area contributed by atoms with Crippen LogP contribution in [-0.2, 0) is 11.3 Å². The summed E-state index contributed by atoms with van der Waals surface area (Å²) in [5.41, 5.74) is 1.00. The standard InChI is InChI=1S/C12H15NO3/c1-15-12-4-2-10(3-5-12)8-16-9-11(14)6-7-13/h2-5,11,14H,6,8-9H2,1H3/t11-/m0/s1. The van der Waals surface area contributed by atoms with Crippen LogP contribution < -0.4 is 4.74 Å². The van der Waals surface area contributed by atoms with Crippen LogP contribution in [0.3, 0.4) is 0 Å². The molecule has 0 bridgehead atoms. The summed E-state index contributed by atoms with van der Waals surface area (Å²) in [6.45, 7) is 0.603. The van der Waals surface area contributed by atoms with E-state index < -0.39 is 6.10 Å². The van der Waals surface area contributed by atoms with Crippen molar-refractivity contribution in [2.45, 2.75) is 19.1 Å². The number of benzene rings is 1. The Labute approximate surface area is 95.0 Å². The van der Waals surface area contributed by atoms with Crippen LogP contribution in [0.2, 0.25) is 0 Å². The maximum absolute atomic E-state index is 9.24. The monoisotopic (exact) mass is 221 g/mol. The molecule has 4 nitrogen and oxygen atoms in total. The number of nitriles is 1. The summed E-state index contributed by atoms with van der Waals surface area (Å²) in [7, 11) is 1.61. The summed E-state index contributed by atoms with van der Waals surface area (Å²) in [6, 6.07) is 9.38. The van der Waals surface area contributed by atoms with Gasteiger partial charge in [-0.1, -0.05) is 12.1 Å². The Hall–Kier alpha value is -1.57. The van der Waals surface area contributed by atoms with Crippen molar-refractivity contribution >= 4 is 0 Å². The zero-order valence-corrected chi connectivity index (χ0v) is 9.22. The predicted molar refractivity (Wildman–Crippen MR) is 58.9 cm³/mol. The lowest BCUT2D eigenvalue weighted by molar-refractivity contribution is 0.0309. The first-order valence-electron chi connectivity index (χ1n) is 5.02. The van der Waals surface area contributed by atoms with Crippen LogP contribution in [-0.4, -0.2) is 24.9 Å². The zero-order valence-electron chi connectivity index (χ0n) is 9.22. The molecule has 0 aliphatic rings. The maximum Gasteiger partial charge on any atom is 0.118 e. The molecule has 0 radical (unpaired) electrons. The van der Waals surface area contributed by atoms with Crippen LogP contribution in [0.5, 0.6) is 5.75 Å². The Morgan fingerprint density at radius 2 is 2.06 bits per heavy atom. The predicted octanol–water partition coefficient (Wildman–Crippen LogP) is 1.49. The molecule has 1 aromatic carbocycles. The topological polar surface area (TPSA) is 62.5 Å². The smallest absolute Gasteiger partial charge is 0.118 e. The third kappa shape index (κ3) is 4.30. The van der Waals surface area contributed by atoms with E-state index >= 15 is 0 Å². The van der Waals surface area contributed by atoms with Crippen LogP contribution >= 0.6 is 0 Å². The third-order valence-corrected chi connectivity index (χ3v) is 2.06. The van der Waals surface area contributed by atoms with Gasteiger partial charge in [-0.25, -0.2) is 0 Å². The molecular weight excluding hydrogens is 206 g/mol. The number of aliphatic hydroxyl groups is 1. The Morgan fingerprint density at radius 3 is 2.62 bits per heavy atom. The van der Waals surface area contributed by atoms with E-state index in [9.17, 15) is 5.11 Å². The molecule has 1 rings (SSSR count). The van der Waals surface area contributed by atoms with E-state index in [0.717, 1.165) is 11.3 Å². The molecule has 0 aliphatic carbocycles. The molecule has 0 aromatic heterocycles. The Balaban J connectivity index is 2.29. The average Bonchev–Trinajstić information content (AvgIpc) is 2.30. The van der Waals surface area contributed by atoms with E-state index in [-0.39, 0.29) is 13.0 Å². The number of hydrogen-bond donors (Lipinski definition) is 1. The van der Waals surface area contributed by atoms with Gasteiger partial charge in [0.1, 0.15) is 5.75 Å². The van der Waals surface area contributed by atoms with Crippen LogP contribution in [0.1, 0.15) is 12.0 Å². The molecule has 0 heterocycles. The van der Waals surface area contributed by atoms with Crippen LogP contribution in [0, 0.1) is 11.3 Å². The van der Waals surface area contributed by atoms with Crippen molar-refractivity contribution in [1.29, 1.82) is 5.26 Å². The number of ether oxygens (including phenoxy) is 2. The second-order valence-corrected chi connectivity index (χ2v) is 3.38. The highest BCUT2D eigenvalue weighted by Gasteiger charge is 2.03. The molecule has 1 atom stereocenters. The maximum atomic E-state index is 9.24. The van der Waals surface area contributed by atoms with Crippen molar-refractivity contribution in [3.63, 3.8) is 0 Å². The Kier molecular flexibility index (Phi) is 5.34. The minimum absolute atomic E-state index is 0.0998. The van der Waals surface area contributed by atoms with Gasteiger partial charge in [-0.3, -0.25) is 0 Å². The molecule has 0 saturated carbocycles. The van der Waals surface area contributed by atoms with E-state index in [4.69, 9.17) is 14.7 Å². The molecule has 86 valence electrons. The van der Waals surface area contributed by atoms with Gasteiger partial charge < -0.3 is 14.6 Å². The van der Waals surface area contributed by atoms with Gasteiger partial charge in [0.05, 0.1) is 38.9 Å². The molecule has 4 heteroatoms. The molecule has 0 saturated heterocycles. The second kappa shape index (κ2) is 6.83. The first-order chi connectivity index (χ1) is 7.76. The van der Waals surface area contributed by atoms with E-state index in [1.54, 1.807) is 7.11 Å². The van der Waals surface area contributed by atoms with Gasteiger partial charge in [0.15, 0.2) is 0 Å². The summed E-state index contributed by atoms with van der Waals surface area (Å²) in [6.07, 6.45) is -0.606. The van der Waals surface area contributed by atoms with E-state index in [1.807, 2.05) is 30.3 Å². The zero-order chi connectivity index (χ0) is 11.8. The number of aliphatic hydroxyl groups excluding tert-OH is 1. The highest BCUT2D eigenvalue weighted by atomic mass is 16.5. The van der Waals surface area contributed by atoms with E-state index in [1.165, 1.54) is 0 Å². The molecule has 0 amide bonds.